The fourth-order valence-corrected chi connectivity index (χ4v) is 2.65. The molecule has 0 amide bonds. The van der Waals surface area contributed by atoms with E-state index in [-0.39, 0.29) is 10.6 Å². The first-order valence-electron chi connectivity index (χ1n) is 6.44. The third-order valence-electron chi connectivity index (χ3n) is 3.67. The Morgan fingerprint density at radius 3 is 2.79 bits per heavy atom. The smallest absolute Gasteiger partial charge is 0.311 e. The van der Waals surface area contributed by atoms with Crippen LogP contribution in [0.3, 0.4) is 0 Å². The number of anilines is 1. The summed E-state index contributed by atoms with van der Waals surface area (Å²) < 4.78 is 0. The molecule has 1 N–H and O–H groups in total. The highest BCUT2D eigenvalue weighted by molar-refractivity contribution is 5.95. The molecule has 0 atom stereocenters. The van der Waals surface area contributed by atoms with Gasteiger partial charge >= 0.3 is 5.69 Å². The van der Waals surface area contributed by atoms with Crippen LogP contribution < -0.4 is 5.32 Å². The van der Waals surface area contributed by atoms with E-state index in [1.807, 2.05) is 24.3 Å². The van der Waals surface area contributed by atoms with Crippen molar-refractivity contribution in [1.29, 1.82) is 0 Å². The van der Waals surface area contributed by atoms with Gasteiger partial charge in [-0.2, -0.15) is 0 Å². The normalized spacial score (nSPS) is 21.9. The summed E-state index contributed by atoms with van der Waals surface area (Å²) in [7, 11) is 0. The van der Waals surface area contributed by atoms with E-state index in [0.29, 0.717) is 17.6 Å². The van der Waals surface area contributed by atoms with Crippen LogP contribution in [0.5, 0.6) is 0 Å². The minimum atomic E-state index is -0.371. The Hall–Kier alpha value is -2.17. The van der Waals surface area contributed by atoms with E-state index in [9.17, 15) is 10.1 Å². The topological polar surface area (TPSA) is 68.1 Å². The summed E-state index contributed by atoms with van der Waals surface area (Å²) in [6.07, 6.45) is 3.47. The maximum Gasteiger partial charge on any atom is 0.311 e. The second-order valence-electron chi connectivity index (χ2n) is 5.21. The van der Waals surface area contributed by atoms with Gasteiger partial charge in [0, 0.05) is 11.4 Å². The number of pyridine rings is 1. The number of nitrogens with zero attached hydrogens (tertiary/aromatic N) is 2. The zero-order chi connectivity index (χ0) is 13.4. The van der Waals surface area contributed by atoms with Gasteiger partial charge in [0.05, 0.1) is 10.4 Å². The van der Waals surface area contributed by atoms with Crippen molar-refractivity contribution in [3.8, 4) is 0 Å². The molecule has 1 heterocycles. The second kappa shape index (κ2) is 4.50. The number of aromatic nitrogens is 1. The number of hydrogen-bond acceptors (Lipinski definition) is 4. The molecule has 0 radical (unpaired) electrons. The molecule has 1 aliphatic rings. The van der Waals surface area contributed by atoms with Gasteiger partial charge in [-0.05, 0) is 24.8 Å². The van der Waals surface area contributed by atoms with E-state index >= 15 is 0 Å². The van der Waals surface area contributed by atoms with Crippen molar-refractivity contribution < 1.29 is 4.92 Å². The lowest BCUT2D eigenvalue weighted by Gasteiger charge is -2.34. The molecule has 1 aromatic carbocycles. The predicted molar refractivity (Wildman–Crippen MR) is 74.2 cm³/mol. The third-order valence-corrected chi connectivity index (χ3v) is 3.67. The predicted octanol–water partition coefficient (Wildman–Crippen LogP) is 3.35. The Bertz CT molecular complexity index is 636. The number of hydrogen-bond donors (Lipinski definition) is 1. The molecule has 0 unspecified atom stereocenters. The van der Waals surface area contributed by atoms with Crippen molar-refractivity contribution in [2.45, 2.75) is 25.8 Å². The van der Waals surface area contributed by atoms with Gasteiger partial charge in [0.2, 0.25) is 0 Å². The van der Waals surface area contributed by atoms with Gasteiger partial charge in [0.15, 0.2) is 0 Å². The van der Waals surface area contributed by atoms with Crippen LogP contribution in [0.4, 0.5) is 11.4 Å². The van der Waals surface area contributed by atoms with Gasteiger partial charge in [-0.25, -0.2) is 4.98 Å². The van der Waals surface area contributed by atoms with Crippen molar-refractivity contribution in [3.05, 3.63) is 40.6 Å². The minimum Gasteiger partial charge on any atom is -0.376 e. The molecule has 2 aromatic rings. The van der Waals surface area contributed by atoms with E-state index in [4.69, 9.17) is 0 Å². The maximum atomic E-state index is 11.1. The molecule has 0 bridgehead atoms. The van der Waals surface area contributed by atoms with Crippen LogP contribution in [0.15, 0.2) is 30.5 Å². The number of nitrogens with one attached hydrogen (secondary N) is 1. The van der Waals surface area contributed by atoms with Gasteiger partial charge in [-0.15, -0.1) is 0 Å². The summed E-state index contributed by atoms with van der Waals surface area (Å²) >= 11 is 0. The highest BCUT2D eigenvalue weighted by atomic mass is 16.6. The number of benzene rings is 1. The molecule has 3 rings (SSSR count). The lowest BCUT2D eigenvalue weighted by atomic mass is 9.81. The average molecular weight is 257 g/mol. The molecule has 1 aromatic heterocycles. The lowest BCUT2D eigenvalue weighted by molar-refractivity contribution is -0.384. The first kappa shape index (κ1) is 11.9. The van der Waals surface area contributed by atoms with E-state index in [0.717, 1.165) is 23.7 Å². The van der Waals surface area contributed by atoms with Crippen LogP contribution in [0.25, 0.3) is 10.9 Å². The molecule has 1 aliphatic carbocycles. The first-order chi connectivity index (χ1) is 9.15. The standard InChI is InChI=1S/C14H15N3O2/c1-9-6-10(7-9)16-14-11-4-2-3-5-12(11)15-8-13(14)17(18)19/h2-5,8-10H,6-7H2,1H3,(H,15,16). The lowest BCUT2D eigenvalue weighted by Crippen LogP contribution is -2.34. The summed E-state index contributed by atoms with van der Waals surface area (Å²) in [5.74, 6) is 0.699. The summed E-state index contributed by atoms with van der Waals surface area (Å²) in [4.78, 5) is 14.9. The molecule has 0 saturated heterocycles. The number of para-hydroxylation sites is 1. The zero-order valence-corrected chi connectivity index (χ0v) is 10.7. The quantitative estimate of drug-likeness (QED) is 0.676. The number of nitro groups is 1. The molecule has 19 heavy (non-hydrogen) atoms. The molecule has 1 saturated carbocycles. The molecule has 1 fully saturated rings. The Labute approximate surface area is 110 Å². The van der Waals surface area contributed by atoms with Crippen LogP contribution in [-0.2, 0) is 0 Å². The molecule has 98 valence electrons. The summed E-state index contributed by atoms with van der Waals surface area (Å²) in [5, 5.41) is 15.3. The molecular formula is C14H15N3O2. The number of rotatable bonds is 3. The third kappa shape index (κ3) is 2.12. The fourth-order valence-electron chi connectivity index (χ4n) is 2.65. The summed E-state index contributed by atoms with van der Waals surface area (Å²) in [5.41, 5.74) is 1.44. The van der Waals surface area contributed by atoms with Crippen LogP contribution >= 0.6 is 0 Å². The first-order valence-corrected chi connectivity index (χ1v) is 6.44. The van der Waals surface area contributed by atoms with Gasteiger partial charge < -0.3 is 5.32 Å². The molecular weight excluding hydrogens is 242 g/mol. The van der Waals surface area contributed by atoms with Crippen molar-refractivity contribution >= 4 is 22.3 Å². The van der Waals surface area contributed by atoms with Crippen LogP contribution in [-0.4, -0.2) is 15.9 Å². The Morgan fingerprint density at radius 2 is 2.11 bits per heavy atom. The Kier molecular flexibility index (Phi) is 2.81. The van der Waals surface area contributed by atoms with Crippen molar-refractivity contribution in [2.75, 3.05) is 5.32 Å². The van der Waals surface area contributed by atoms with Crippen LogP contribution in [0.2, 0.25) is 0 Å². The zero-order valence-electron chi connectivity index (χ0n) is 10.7. The highest BCUT2D eigenvalue weighted by Crippen LogP contribution is 2.36. The van der Waals surface area contributed by atoms with Gasteiger partial charge in [-0.1, -0.05) is 25.1 Å². The maximum absolute atomic E-state index is 11.1. The second-order valence-corrected chi connectivity index (χ2v) is 5.21. The average Bonchev–Trinajstić information content (AvgIpc) is 2.36. The summed E-state index contributed by atoms with van der Waals surface area (Å²) in [6.45, 7) is 2.19. The highest BCUT2D eigenvalue weighted by Gasteiger charge is 2.28. The summed E-state index contributed by atoms with van der Waals surface area (Å²) in [6, 6.07) is 7.84. The molecule has 5 nitrogen and oxygen atoms in total. The van der Waals surface area contributed by atoms with Crippen LogP contribution in [0, 0.1) is 16.0 Å². The number of fused-ring (bicyclic) bond motifs is 1. The van der Waals surface area contributed by atoms with E-state index in [1.54, 1.807) is 0 Å². The van der Waals surface area contributed by atoms with Crippen LogP contribution in [0.1, 0.15) is 19.8 Å². The molecule has 0 spiro atoms. The molecule has 5 heteroatoms. The van der Waals surface area contributed by atoms with E-state index in [2.05, 4.69) is 17.2 Å². The van der Waals surface area contributed by atoms with Crippen molar-refractivity contribution in [1.82, 2.24) is 4.98 Å². The Morgan fingerprint density at radius 1 is 1.37 bits per heavy atom. The van der Waals surface area contributed by atoms with Gasteiger partial charge in [-0.3, -0.25) is 10.1 Å². The fraction of sp³-hybridized carbons (Fsp3) is 0.357. The van der Waals surface area contributed by atoms with E-state index in [1.165, 1.54) is 6.20 Å². The largest absolute Gasteiger partial charge is 0.376 e. The molecule has 0 aliphatic heterocycles. The van der Waals surface area contributed by atoms with Gasteiger partial charge in [0.25, 0.3) is 0 Å². The minimum absolute atomic E-state index is 0.0539. The van der Waals surface area contributed by atoms with Crippen molar-refractivity contribution in [3.63, 3.8) is 0 Å². The monoisotopic (exact) mass is 257 g/mol. The van der Waals surface area contributed by atoms with Crippen molar-refractivity contribution in [2.24, 2.45) is 5.92 Å². The van der Waals surface area contributed by atoms with E-state index < -0.39 is 0 Å². The Balaban J connectivity index is 2.06. The van der Waals surface area contributed by atoms with Gasteiger partial charge in [0.1, 0.15) is 11.9 Å². The SMILES string of the molecule is CC1CC(Nc2c([N+](=O)[O-])cnc3ccccc23)C1.